The summed E-state index contributed by atoms with van der Waals surface area (Å²) in [4.78, 5) is 10.7. The Labute approximate surface area is 337 Å². The van der Waals surface area contributed by atoms with Crippen molar-refractivity contribution in [1.29, 1.82) is 0 Å². The summed E-state index contributed by atoms with van der Waals surface area (Å²) in [7, 11) is 0. The van der Waals surface area contributed by atoms with Gasteiger partial charge in [0.15, 0.2) is 5.82 Å². The number of hydrogen-bond acceptors (Lipinski definition) is 2. The second kappa shape index (κ2) is 12.5. The molecule has 0 aliphatic heterocycles. The van der Waals surface area contributed by atoms with E-state index in [1.165, 1.54) is 66.4 Å². The fraction of sp³-hybridized carbons (Fsp3) is 0.0357. The molecule has 2 aliphatic rings. The van der Waals surface area contributed by atoms with Crippen LogP contribution in [0.4, 0.5) is 0 Å². The van der Waals surface area contributed by atoms with Gasteiger partial charge >= 0.3 is 0 Å². The molecule has 0 radical (unpaired) electrons. The lowest BCUT2D eigenvalue weighted by Gasteiger charge is -2.49. The van der Waals surface area contributed by atoms with Crippen LogP contribution >= 0.6 is 0 Å². The quantitative estimate of drug-likeness (QED) is 0.176. The van der Waals surface area contributed by atoms with Crippen LogP contribution in [0.2, 0.25) is 0 Å². The van der Waals surface area contributed by atoms with E-state index in [1.807, 2.05) is 0 Å². The molecule has 2 heteroatoms. The van der Waals surface area contributed by atoms with Gasteiger partial charge in [0.2, 0.25) is 0 Å². The van der Waals surface area contributed by atoms with E-state index in [0.717, 1.165) is 27.7 Å². The zero-order valence-corrected chi connectivity index (χ0v) is 31.7. The molecule has 2 nitrogen and oxygen atoms in total. The summed E-state index contributed by atoms with van der Waals surface area (Å²) in [6.07, 6.45) is 0. The highest BCUT2D eigenvalue weighted by molar-refractivity contribution is 5.97. The average molecular weight is 737 g/mol. The first-order valence-corrected chi connectivity index (χ1v) is 20.1. The number of fused-ring (bicyclic) bond motifs is 7. The van der Waals surface area contributed by atoms with Gasteiger partial charge < -0.3 is 0 Å². The summed E-state index contributed by atoms with van der Waals surface area (Å²) in [6, 6.07) is 80.1. The highest BCUT2D eigenvalue weighted by Gasteiger charge is 2.57. The summed E-state index contributed by atoms with van der Waals surface area (Å²) in [5.74, 6) is 0.709. The molecule has 1 heterocycles. The van der Waals surface area contributed by atoms with Crippen molar-refractivity contribution in [3.8, 4) is 33.8 Å². The highest BCUT2D eigenvalue weighted by atomic mass is 14.9. The van der Waals surface area contributed by atoms with Crippen LogP contribution in [0.15, 0.2) is 218 Å². The Morgan fingerprint density at radius 1 is 0.328 bits per heavy atom. The lowest BCUT2D eigenvalue weighted by atomic mass is 9.51. The van der Waals surface area contributed by atoms with Gasteiger partial charge in [-0.2, -0.15) is 0 Å². The molecule has 2 unspecified atom stereocenters. The first-order valence-electron chi connectivity index (χ1n) is 20.1. The first-order chi connectivity index (χ1) is 28.8. The first kappa shape index (κ1) is 32.8. The van der Waals surface area contributed by atoms with E-state index in [4.69, 9.17) is 9.97 Å². The van der Waals surface area contributed by atoms with Gasteiger partial charge in [-0.25, -0.2) is 9.97 Å². The predicted molar refractivity (Wildman–Crippen MR) is 237 cm³/mol. The molecule has 9 aromatic carbocycles. The van der Waals surface area contributed by atoms with Crippen molar-refractivity contribution in [2.75, 3.05) is 0 Å². The van der Waals surface area contributed by atoms with E-state index in [2.05, 4.69) is 218 Å². The van der Waals surface area contributed by atoms with Crippen LogP contribution < -0.4 is 0 Å². The van der Waals surface area contributed by atoms with Gasteiger partial charge in [-0.15, -0.1) is 0 Å². The van der Waals surface area contributed by atoms with Gasteiger partial charge in [-0.1, -0.05) is 200 Å². The lowest BCUT2D eigenvalue weighted by Crippen LogP contribution is -2.44. The summed E-state index contributed by atoms with van der Waals surface area (Å²) in [5.41, 5.74) is 15.6. The number of para-hydroxylation sites is 1. The smallest absolute Gasteiger partial charge is 0.160 e. The molecule has 58 heavy (non-hydrogen) atoms. The third kappa shape index (κ3) is 4.43. The van der Waals surface area contributed by atoms with Crippen LogP contribution in [0.5, 0.6) is 0 Å². The van der Waals surface area contributed by atoms with Crippen molar-refractivity contribution in [3.63, 3.8) is 0 Å². The number of nitrogens with zero attached hydrogens (tertiary/aromatic N) is 2. The number of hydrogen-bond donors (Lipinski definition) is 0. The monoisotopic (exact) mass is 736 g/mol. The number of aromatic nitrogens is 2. The second-order valence-electron chi connectivity index (χ2n) is 15.6. The largest absolute Gasteiger partial charge is 0.228 e. The Morgan fingerprint density at radius 3 is 1.72 bits per heavy atom. The third-order valence-electron chi connectivity index (χ3n) is 12.8. The van der Waals surface area contributed by atoms with E-state index >= 15 is 0 Å². The fourth-order valence-electron chi connectivity index (χ4n) is 10.5. The summed E-state index contributed by atoms with van der Waals surface area (Å²) in [6.45, 7) is 0. The van der Waals surface area contributed by atoms with E-state index in [-0.39, 0.29) is 0 Å². The van der Waals surface area contributed by atoms with Crippen molar-refractivity contribution >= 4 is 21.7 Å². The summed E-state index contributed by atoms with van der Waals surface area (Å²) < 4.78 is 0. The van der Waals surface area contributed by atoms with Gasteiger partial charge in [-0.05, 0) is 84.6 Å². The van der Waals surface area contributed by atoms with Crippen LogP contribution in [-0.2, 0) is 10.8 Å². The molecule has 2 atom stereocenters. The van der Waals surface area contributed by atoms with E-state index in [1.54, 1.807) is 0 Å². The molecule has 2 aliphatic carbocycles. The van der Waals surface area contributed by atoms with Gasteiger partial charge in [0, 0.05) is 16.5 Å². The maximum atomic E-state index is 5.42. The molecule has 1 aromatic heterocycles. The minimum atomic E-state index is -0.655. The molecule has 0 bridgehead atoms. The molecule has 0 spiro atoms. The number of rotatable bonds is 5. The number of benzene rings is 9. The van der Waals surface area contributed by atoms with E-state index in [9.17, 15) is 0 Å². The maximum Gasteiger partial charge on any atom is 0.160 e. The van der Waals surface area contributed by atoms with Crippen LogP contribution in [-0.4, -0.2) is 9.97 Å². The van der Waals surface area contributed by atoms with E-state index in [0.29, 0.717) is 5.82 Å². The highest BCUT2D eigenvalue weighted by Crippen LogP contribution is 2.65. The van der Waals surface area contributed by atoms with Gasteiger partial charge in [0.05, 0.1) is 22.0 Å². The SMILES string of the molecule is c1ccc(C2(c3cccc(-c4nc(-c5ccc6ccccc6c5)c5ccccc5n4)c3)c3ccccc3C3(c4ccccc4)c4ccccc4-c4cccc2c43)cc1. The molecule has 10 aromatic rings. The van der Waals surface area contributed by atoms with Crippen molar-refractivity contribution in [3.05, 3.63) is 263 Å². The van der Waals surface area contributed by atoms with Gasteiger partial charge in [0.25, 0.3) is 0 Å². The molecule has 0 N–H and O–H groups in total. The standard InChI is InChI=1S/C56H36N2/c1-3-20-41(21-4-1)55(43-24-15-19-40(36-43)54-57-51-32-14-10-26-46(51)53(58-54)39-34-33-37-17-7-8-18-38(37)35-39)48-29-12-13-30-49(48)56(42-22-5-2-6-23-42)47-28-11-9-25-44(47)45-27-16-31-50(55)52(45)56/h1-36H. The Balaban J connectivity index is 1.16. The van der Waals surface area contributed by atoms with Crippen LogP contribution in [0, 0.1) is 0 Å². The zero-order valence-electron chi connectivity index (χ0n) is 31.7. The van der Waals surface area contributed by atoms with Crippen molar-refractivity contribution in [2.24, 2.45) is 0 Å². The normalized spacial score (nSPS) is 17.4. The molecular formula is C56H36N2. The average Bonchev–Trinajstić information content (AvgIpc) is 3.61. The van der Waals surface area contributed by atoms with Gasteiger partial charge in [-0.3, -0.25) is 0 Å². The van der Waals surface area contributed by atoms with Crippen molar-refractivity contribution < 1.29 is 0 Å². The topological polar surface area (TPSA) is 25.8 Å². The lowest BCUT2D eigenvalue weighted by molar-refractivity contribution is 0.627. The Hall–Kier alpha value is -7.42. The minimum Gasteiger partial charge on any atom is -0.228 e. The van der Waals surface area contributed by atoms with Crippen LogP contribution in [0.25, 0.3) is 55.4 Å². The molecule has 270 valence electrons. The third-order valence-corrected chi connectivity index (χ3v) is 12.8. The molecular weight excluding hydrogens is 701 g/mol. The van der Waals surface area contributed by atoms with Crippen LogP contribution in [0.1, 0.15) is 44.5 Å². The molecule has 12 rings (SSSR count). The molecule has 0 saturated heterocycles. The van der Waals surface area contributed by atoms with Crippen molar-refractivity contribution in [1.82, 2.24) is 9.97 Å². The van der Waals surface area contributed by atoms with Gasteiger partial charge in [0.1, 0.15) is 0 Å². The second-order valence-corrected chi connectivity index (χ2v) is 15.6. The molecule has 0 saturated carbocycles. The Bertz CT molecular complexity index is 3240. The maximum absolute atomic E-state index is 5.42. The molecule has 0 amide bonds. The Morgan fingerprint density at radius 2 is 0.914 bits per heavy atom. The van der Waals surface area contributed by atoms with E-state index < -0.39 is 10.8 Å². The summed E-state index contributed by atoms with van der Waals surface area (Å²) >= 11 is 0. The molecule has 0 fully saturated rings. The minimum absolute atomic E-state index is 0.494. The van der Waals surface area contributed by atoms with Crippen LogP contribution in [0.3, 0.4) is 0 Å². The Kier molecular flexibility index (Phi) is 7.09. The zero-order chi connectivity index (χ0) is 38.3. The summed E-state index contributed by atoms with van der Waals surface area (Å²) in [5, 5.41) is 3.44. The fourth-order valence-corrected chi connectivity index (χ4v) is 10.5. The van der Waals surface area contributed by atoms with Crippen molar-refractivity contribution in [2.45, 2.75) is 10.8 Å². The predicted octanol–water partition coefficient (Wildman–Crippen LogP) is 13.2.